The molecular weight excluding hydrogens is 62.1 g/mol. The van der Waals surface area contributed by atoms with Crippen LogP contribution in [0.1, 0.15) is 6.42 Å². The van der Waals surface area contributed by atoms with Gasteiger partial charge in [0.25, 0.3) is 0 Å². The zero-order valence-electron chi connectivity index (χ0n) is 3.44. The van der Waals surface area contributed by atoms with Gasteiger partial charge in [-0.15, -0.1) is 0 Å². The molecule has 0 saturated heterocycles. The highest BCUT2D eigenvalue weighted by Crippen LogP contribution is 1.83. The molecule has 1 aliphatic heterocycles. The monoisotopic (exact) mass is 70.1 g/mol. The lowest BCUT2D eigenvalue weighted by Gasteiger charge is -1.98. The Morgan fingerprint density at radius 1 is 1.80 bits per heavy atom. The summed E-state index contributed by atoms with van der Waals surface area (Å²) in [7, 11) is 2.09. The van der Waals surface area contributed by atoms with Crippen molar-refractivity contribution in [2.75, 3.05) is 13.6 Å². The maximum absolute atomic E-state index is 2.18. The average Bonchev–Trinajstić information content (AvgIpc) is 1.30. The summed E-state index contributed by atoms with van der Waals surface area (Å²) in [5, 5.41) is 0. The smallest absolute Gasteiger partial charge is 0.151 e. The van der Waals surface area contributed by atoms with Gasteiger partial charge in [0.05, 0.1) is 6.42 Å². The van der Waals surface area contributed by atoms with Crippen LogP contribution in [0.5, 0.6) is 0 Å². The Morgan fingerprint density at radius 3 is 2.20 bits per heavy atom. The lowest BCUT2D eigenvalue weighted by atomic mass is 10.3. The van der Waals surface area contributed by atoms with Gasteiger partial charge in [0.1, 0.15) is 13.3 Å². The van der Waals surface area contributed by atoms with Crippen LogP contribution in [0.2, 0.25) is 0 Å². The van der Waals surface area contributed by atoms with Gasteiger partial charge in [-0.25, -0.2) is 4.58 Å². The number of nitrogens with zero attached hydrogens (tertiary/aromatic N) is 1. The molecule has 1 rings (SSSR count). The van der Waals surface area contributed by atoms with Gasteiger partial charge in [-0.3, -0.25) is 0 Å². The zero-order valence-corrected chi connectivity index (χ0v) is 3.44. The fraction of sp³-hybridized carbons (Fsp3) is 0.750. The van der Waals surface area contributed by atoms with Gasteiger partial charge in [-0.2, -0.15) is 0 Å². The summed E-state index contributed by atoms with van der Waals surface area (Å²) < 4.78 is 2.18. The van der Waals surface area contributed by atoms with Crippen LogP contribution in [0.4, 0.5) is 0 Å². The van der Waals surface area contributed by atoms with Gasteiger partial charge < -0.3 is 0 Å². The van der Waals surface area contributed by atoms with E-state index < -0.39 is 0 Å². The van der Waals surface area contributed by atoms with Crippen LogP contribution in [-0.4, -0.2) is 24.4 Å². The molecule has 28 valence electrons. The Bertz CT molecular complexity index is 64.0. The minimum atomic E-state index is 1.26. The summed E-state index contributed by atoms with van der Waals surface area (Å²) in [5.74, 6) is 0. The van der Waals surface area contributed by atoms with Crippen molar-refractivity contribution >= 4 is 6.21 Å². The van der Waals surface area contributed by atoms with Crippen molar-refractivity contribution in [3.63, 3.8) is 0 Å². The largest absolute Gasteiger partial charge is 0.241 e. The van der Waals surface area contributed by atoms with Crippen LogP contribution in [-0.2, 0) is 0 Å². The molecule has 0 aliphatic carbocycles. The van der Waals surface area contributed by atoms with Gasteiger partial charge in [0, 0.05) is 0 Å². The topological polar surface area (TPSA) is 3.01 Å². The second kappa shape index (κ2) is 0.814. The van der Waals surface area contributed by atoms with Gasteiger partial charge in [0.15, 0.2) is 6.54 Å². The Labute approximate surface area is 31.9 Å². The first-order chi connectivity index (χ1) is 2.39. The quantitative estimate of drug-likeness (QED) is 0.356. The zero-order chi connectivity index (χ0) is 3.70. The predicted octanol–water partition coefficient (Wildman–Crippen LogP) is 0.103. The fourth-order valence-electron chi connectivity index (χ4n) is 0.387. The highest BCUT2D eigenvalue weighted by molar-refractivity contribution is 5.54. The molecule has 1 nitrogen and oxygen atoms in total. The summed E-state index contributed by atoms with van der Waals surface area (Å²) in [5.41, 5.74) is 0. The van der Waals surface area contributed by atoms with Gasteiger partial charge in [-0.1, -0.05) is 0 Å². The predicted molar refractivity (Wildman–Crippen MR) is 21.7 cm³/mol. The molecule has 1 heterocycles. The molecule has 0 aromatic carbocycles. The SMILES string of the molecule is C[N+]1=CCC1. The minimum Gasteiger partial charge on any atom is -0.241 e. The van der Waals surface area contributed by atoms with Crippen molar-refractivity contribution in [2.45, 2.75) is 6.42 Å². The second-order valence-electron chi connectivity index (χ2n) is 1.45. The Kier molecular flexibility index (Phi) is 0.469. The molecule has 0 amide bonds. The molecule has 0 aromatic rings. The third-order valence-electron chi connectivity index (χ3n) is 0.923. The minimum absolute atomic E-state index is 1.26. The third-order valence-corrected chi connectivity index (χ3v) is 0.923. The first-order valence-electron chi connectivity index (χ1n) is 1.93. The van der Waals surface area contributed by atoms with Crippen molar-refractivity contribution < 1.29 is 4.58 Å². The molecule has 0 fully saturated rings. The molecule has 0 atom stereocenters. The highest BCUT2D eigenvalue weighted by Gasteiger charge is 2.03. The van der Waals surface area contributed by atoms with Gasteiger partial charge >= 0.3 is 0 Å². The standard InChI is InChI=1S/C4H8N/c1-5-3-2-4-5/h3H,2,4H2,1H3/q+1. The molecule has 0 radical (unpaired) electrons. The van der Waals surface area contributed by atoms with E-state index >= 15 is 0 Å². The number of hydrogen-bond donors (Lipinski definition) is 0. The normalized spacial score (nSPS) is 20.6. The van der Waals surface area contributed by atoms with Crippen LogP contribution in [0.3, 0.4) is 0 Å². The van der Waals surface area contributed by atoms with Gasteiger partial charge in [-0.05, 0) is 0 Å². The Morgan fingerprint density at radius 2 is 2.20 bits per heavy atom. The van der Waals surface area contributed by atoms with E-state index in [4.69, 9.17) is 0 Å². The van der Waals surface area contributed by atoms with Crippen molar-refractivity contribution in [2.24, 2.45) is 0 Å². The van der Waals surface area contributed by atoms with Gasteiger partial charge in [0.2, 0.25) is 0 Å². The highest BCUT2D eigenvalue weighted by atomic mass is 15.0. The van der Waals surface area contributed by atoms with E-state index in [9.17, 15) is 0 Å². The van der Waals surface area contributed by atoms with Crippen molar-refractivity contribution in [1.29, 1.82) is 0 Å². The van der Waals surface area contributed by atoms with E-state index in [0.717, 1.165) is 0 Å². The van der Waals surface area contributed by atoms with Crippen LogP contribution >= 0.6 is 0 Å². The molecule has 0 N–H and O–H groups in total. The molecule has 0 saturated carbocycles. The van der Waals surface area contributed by atoms with Crippen LogP contribution in [0, 0.1) is 0 Å². The van der Waals surface area contributed by atoms with Crippen molar-refractivity contribution in [3.05, 3.63) is 0 Å². The summed E-state index contributed by atoms with van der Waals surface area (Å²) in [4.78, 5) is 0. The molecule has 0 unspecified atom stereocenters. The molecule has 0 aromatic heterocycles. The molecule has 0 bridgehead atoms. The Balaban J connectivity index is 2.51. The summed E-state index contributed by atoms with van der Waals surface area (Å²) in [6.07, 6.45) is 3.47. The maximum Gasteiger partial charge on any atom is 0.151 e. The van der Waals surface area contributed by atoms with E-state index in [0.29, 0.717) is 0 Å². The van der Waals surface area contributed by atoms with E-state index in [1.165, 1.54) is 13.0 Å². The first kappa shape index (κ1) is 2.88. The maximum atomic E-state index is 2.18. The summed E-state index contributed by atoms with van der Waals surface area (Å²) in [6, 6.07) is 0. The third kappa shape index (κ3) is 0.318. The van der Waals surface area contributed by atoms with E-state index in [2.05, 4.69) is 17.8 Å². The van der Waals surface area contributed by atoms with Crippen LogP contribution in [0.25, 0.3) is 0 Å². The molecular formula is C4H8N+. The Hall–Kier alpha value is -0.330. The molecule has 0 spiro atoms. The van der Waals surface area contributed by atoms with Crippen LogP contribution in [0.15, 0.2) is 0 Å². The number of hydrogen-bond acceptors (Lipinski definition) is 0. The summed E-state index contributed by atoms with van der Waals surface area (Å²) in [6.45, 7) is 1.26. The lowest BCUT2D eigenvalue weighted by molar-refractivity contribution is -0.516. The first-order valence-corrected chi connectivity index (χ1v) is 1.93. The van der Waals surface area contributed by atoms with E-state index in [1.54, 1.807) is 0 Å². The molecule has 1 heteroatoms. The second-order valence-corrected chi connectivity index (χ2v) is 1.45. The number of rotatable bonds is 0. The van der Waals surface area contributed by atoms with E-state index in [-0.39, 0.29) is 0 Å². The summed E-state index contributed by atoms with van der Waals surface area (Å²) >= 11 is 0. The van der Waals surface area contributed by atoms with Crippen molar-refractivity contribution in [1.82, 2.24) is 0 Å². The average molecular weight is 70.1 g/mol. The molecule has 1 aliphatic rings. The van der Waals surface area contributed by atoms with Crippen LogP contribution < -0.4 is 0 Å². The molecule has 5 heavy (non-hydrogen) atoms. The van der Waals surface area contributed by atoms with Crippen molar-refractivity contribution in [3.8, 4) is 0 Å². The lowest BCUT2D eigenvalue weighted by Crippen LogP contribution is -2.19. The fourth-order valence-corrected chi connectivity index (χ4v) is 0.387. The van der Waals surface area contributed by atoms with E-state index in [1.807, 2.05) is 0 Å².